The fourth-order valence-corrected chi connectivity index (χ4v) is 4.03. The molecule has 0 radical (unpaired) electrons. The molecule has 0 aliphatic rings. The highest BCUT2D eigenvalue weighted by molar-refractivity contribution is 5.89. The fourth-order valence-electron chi connectivity index (χ4n) is 4.03. The maximum absolute atomic E-state index is 13.9. The summed E-state index contributed by atoms with van der Waals surface area (Å²) in [5.41, 5.74) is 2.40. The molecule has 0 fully saturated rings. The standard InChI is InChI=1S/C30H36N2O5/c1-21(2)19-31-30(34)29(24-9-7-6-8-10-24)32(20-22-11-14-25(35-3)15-12-22)28(33)18-23-13-16-26(36-4)27(17-23)37-5/h6-17,21,29H,18-20H2,1-5H3,(H,31,34)/t29-/m0/s1. The Labute approximate surface area is 219 Å². The van der Waals surface area contributed by atoms with Crippen molar-refractivity contribution < 1.29 is 23.8 Å². The molecule has 7 nitrogen and oxygen atoms in total. The predicted molar refractivity (Wildman–Crippen MR) is 144 cm³/mol. The Morgan fingerprint density at radius 1 is 0.811 bits per heavy atom. The first-order valence-electron chi connectivity index (χ1n) is 12.3. The van der Waals surface area contributed by atoms with Gasteiger partial charge in [0.05, 0.1) is 27.8 Å². The van der Waals surface area contributed by atoms with E-state index in [0.717, 1.165) is 22.4 Å². The van der Waals surface area contributed by atoms with E-state index >= 15 is 0 Å². The van der Waals surface area contributed by atoms with E-state index in [0.29, 0.717) is 18.0 Å². The zero-order valence-electron chi connectivity index (χ0n) is 22.2. The lowest BCUT2D eigenvalue weighted by Gasteiger charge is -2.32. The normalized spacial score (nSPS) is 11.5. The zero-order chi connectivity index (χ0) is 26.8. The molecule has 1 atom stereocenters. The predicted octanol–water partition coefficient (Wildman–Crippen LogP) is 4.80. The smallest absolute Gasteiger partial charge is 0.247 e. The van der Waals surface area contributed by atoms with Crippen molar-refractivity contribution in [1.82, 2.24) is 10.2 Å². The first-order valence-corrected chi connectivity index (χ1v) is 12.3. The SMILES string of the molecule is COc1ccc(CN(C(=O)Cc2ccc(OC)c(OC)c2)[C@H](C(=O)NCC(C)C)c2ccccc2)cc1. The maximum Gasteiger partial charge on any atom is 0.247 e. The van der Waals surface area contributed by atoms with Gasteiger partial charge in [0.25, 0.3) is 0 Å². The van der Waals surface area contributed by atoms with Gasteiger partial charge >= 0.3 is 0 Å². The van der Waals surface area contributed by atoms with Crippen LogP contribution in [0.25, 0.3) is 0 Å². The van der Waals surface area contributed by atoms with Gasteiger partial charge in [-0.25, -0.2) is 0 Å². The number of nitrogens with zero attached hydrogens (tertiary/aromatic N) is 1. The van der Waals surface area contributed by atoms with Crippen LogP contribution in [0.15, 0.2) is 72.8 Å². The van der Waals surface area contributed by atoms with Crippen molar-refractivity contribution in [3.05, 3.63) is 89.5 Å². The second-order valence-electron chi connectivity index (χ2n) is 9.19. The summed E-state index contributed by atoms with van der Waals surface area (Å²) in [6.45, 7) is 4.84. The number of rotatable bonds is 12. The molecule has 2 amide bonds. The van der Waals surface area contributed by atoms with Crippen LogP contribution in [0.5, 0.6) is 17.2 Å². The molecule has 0 saturated heterocycles. The third-order valence-corrected chi connectivity index (χ3v) is 6.00. The van der Waals surface area contributed by atoms with Crippen molar-refractivity contribution in [2.45, 2.75) is 32.9 Å². The molecule has 3 rings (SSSR count). The van der Waals surface area contributed by atoms with E-state index in [9.17, 15) is 9.59 Å². The second-order valence-corrected chi connectivity index (χ2v) is 9.19. The van der Waals surface area contributed by atoms with Crippen LogP contribution >= 0.6 is 0 Å². The van der Waals surface area contributed by atoms with Gasteiger partial charge < -0.3 is 24.4 Å². The number of hydrogen-bond acceptors (Lipinski definition) is 5. The number of carbonyl (C=O) groups is 2. The molecule has 0 aliphatic heterocycles. The van der Waals surface area contributed by atoms with Crippen LogP contribution in [0.1, 0.15) is 36.6 Å². The number of amides is 2. The van der Waals surface area contributed by atoms with Crippen LogP contribution in [0, 0.1) is 5.92 Å². The average Bonchev–Trinajstić information content (AvgIpc) is 2.92. The summed E-state index contributed by atoms with van der Waals surface area (Å²) in [4.78, 5) is 29.1. The summed E-state index contributed by atoms with van der Waals surface area (Å²) in [5.74, 6) is 1.73. The Morgan fingerprint density at radius 2 is 1.46 bits per heavy atom. The molecule has 7 heteroatoms. The quantitative estimate of drug-likeness (QED) is 0.384. The van der Waals surface area contributed by atoms with Crippen molar-refractivity contribution in [3.63, 3.8) is 0 Å². The van der Waals surface area contributed by atoms with E-state index in [4.69, 9.17) is 14.2 Å². The van der Waals surface area contributed by atoms with E-state index in [1.807, 2.05) is 74.5 Å². The molecule has 0 aromatic heterocycles. The molecule has 1 N–H and O–H groups in total. The Morgan fingerprint density at radius 3 is 2.05 bits per heavy atom. The maximum atomic E-state index is 13.9. The summed E-state index contributed by atoms with van der Waals surface area (Å²) in [6, 6.07) is 21.5. The van der Waals surface area contributed by atoms with Gasteiger partial charge in [0.1, 0.15) is 11.8 Å². The molecule has 0 heterocycles. The van der Waals surface area contributed by atoms with E-state index in [2.05, 4.69) is 5.32 Å². The first kappa shape index (κ1) is 27.6. The van der Waals surface area contributed by atoms with Gasteiger partial charge in [-0.1, -0.05) is 62.4 Å². The van der Waals surface area contributed by atoms with Crippen molar-refractivity contribution in [2.75, 3.05) is 27.9 Å². The minimum absolute atomic E-state index is 0.0945. The van der Waals surface area contributed by atoms with Gasteiger partial charge in [-0.05, 0) is 46.9 Å². The topological polar surface area (TPSA) is 77.1 Å². The molecular weight excluding hydrogens is 468 g/mol. The molecule has 37 heavy (non-hydrogen) atoms. The number of nitrogens with one attached hydrogen (secondary N) is 1. The summed E-state index contributed by atoms with van der Waals surface area (Å²) in [5, 5.41) is 3.03. The summed E-state index contributed by atoms with van der Waals surface area (Å²) < 4.78 is 16.0. The first-order chi connectivity index (χ1) is 17.9. The van der Waals surface area contributed by atoms with Crippen LogP contribution in [-0.2, 0) is 22.6 Å². The highest BCUT2D eigenvalue weighted by atomic mass is 16.5. The van der Waals surface area contributed by atoms with Crippen molar-refractivity contribution in [1.29, 1.82) is 0 Å². The third kappa shape index (κ3) is 7.49. The highest BCUT2D eigenvalue weighted by Crippen LogP contribution is 2.29. The lowest BCUT2D eigenvalue weighted by Crippen LogP contribution is -2.44. The molecule has 0 saturated carbocycles. The van der Waals surface area contributed by atoms with Gasteiger partial charge in [-0.15, -0.1) is 0 Å². The minimum atomic E-state index is -0.797. The zero-order valence-corrected chi connectivity index (χ0v) is 22.2. The number of methoxy groups -OCH3 is 3. The number of hydrogen-bond donors (Lipinski definition) is 1. The number of benzene rings is 3. The van der Waals surface area contributed by atoms with E-state index in [1.54, 1.807) is 38.4 Å². The van der Waals surface area contributed by atoms with Crippen LogP contribution in [-0.4, -0.2) is 44.6 Å². The Kier molecular flexibility index (Phi) is 9.95. The Bertz CT molecular complexity index is 1160. The Balaban J connectivity index is 2.00. The van der Waals surface area contributed by atoms with E-state index in [-0.39, 0.29) is 30.7 Å². The summed E-state index contributed by atoms with van der Waals surface area (Å²) in [6.07, 6.45) is 0.0945. The number of ether oxygens (including phenoxy) is 3. The van der Waals surface area contributed by atoms with Crippen molar-refractivity contribution in [2.24, 2.45) is 5.92 Å². The third-order valence-electron chi connectivity index (χ3n) is 6.00. The molecular formula is C30H36N2O5. The lowest BCUT2D eigenvalue weighted by molar-refractivity contribution is -0.141. The van der Waals surface area contributed by atoms with Crippen molar-refractivity contribution in [3.8, 4) is 17.2 Å². The largest absolute Gasteiger partial charge is 0.497 e. The summed E-state index contributed by atoms with van der Waals surface area (Å²) >= 11 is 0. The van der Waals surface area contributed by atoms with Gasteiger partial charge in [-0.2, -0.15) is 0 Å². The van der Waals surface area contributed by atoms with Crippen molar-refractivity contribution >= 4 is 11.8 Å². The van der Waals surface area contributed by atoms with E-state index in [1.165, 1.54) is 0 Å². The molecule has 3 aromatic rings. The minimum Gasteiger partial charge on any atom is -0.497 e. The van der Waals surface area contributed by atoms with Crippen LogP contribution in [0.3, 0.4) is 0 Å². The van der Waals surface area contributed by atoms with Gasteiger partial charge in [0.2, 0.25) is 11.8 Å². The monoisotopic (exact) mass is 504 g/mol. The lowest BCUT2D eigenvalue weighted by atomic mass is 10.0. The summed E-state index contributed by atoms with van der Waals surface area (Å²) in [7, 11) is 4.74. The van der Waals surface area contributed by atoms with Gasteiger partial charge in [0.15, 0.2) is 11.5 Å². The second kappa shape index (κ2) is 13.3. The van der Waals surface area contributed by atoms with E-state index < -0.39 is 6.04 Å². The molecule has 0 aliphatic carbocycles. The highest BCUT2D eigenvalue weighted by Gasteiger charge is 2.31. The van der Waals surface area contributed by atoms with Gasteiger partial charge in [0, 0.05) is 13.1 Å². The molecule has 0 bridgehead atoms. The fraction of sp³-hybridized carbons (Fsp3) is 0.333. The van der Waals surface area contributed by atoms with Gasteiger partial charge in [-0.3, -0.25) is 9.59 Å². The molecule has 196 valence electrons. The average molecular weight is 505 g/mol. The van der Waals surface area contributed by atoms with Crippen LogP contribution in [0.4, 0.5) is 0 Å². The molecule has 0 spiro atoms. The van der Waals surface area contributed by atoms with Crippen LogP contribution < -0.4 is 19.5 Å². The number of carbonyl (C=O) groups excluding carboxylic acids is 2. The molecule has 3 aromatic carbocycles. The molecule has 0 unspecified atom stereocenters. The Hall–Kier alpha value is -4.00. The van der Waals surface area contributed by atoms with Crippen LogP contribution in [0.2, 0.25) is 0 Å².